The van der Waals surface area contributed by atoms with Gasteiger partial charge in [0.25, 0.3) is 0 Å². The molecule has 3 rings (SSSR count). The number of benzene rings is 1. The van der Waals surface area contributed by atoms with E-state index in [4.69, 9.17) is 10.5 Å². The highest BCUT2D eigenvalue weighted by molar-refractivity contribution is 7.89. The molecule has 2 aliphatic rings. The van der Waals surface area contributed by atoms with Crippen LogP contribution in [0.15, 0.2) is 23.1 Å². The van der Waals surface area contributed by atoms with E-state index in [9.17, 15) is 13.2 Å². The maximum atomic E-state index is 12.5. The van der Waals surface area contributed by atoms with E-state index in [-0.39, 0.29) is 28.8 Å². The Labute approximate surface area is 148 Å². The fourth-order valence-corrected chi connectivity index (χ4v) is 4.47. The lowest BCUT2D eigenvalue weighted by molar-refractivity contribution is -0.120. The number of nitrogens with one attached hydrogen (secondary N) is 2. The third kappa shape index (κ3) is 4.50. The van der Waals surface area contributed by atoms with Crippen molar-refractivity contribution in [2.24, 2.45) is 11.7 Å². The minimum absolute atomic E-state index is 0.0221. The van der Waals surface area contributed by atoms with Gasteiger partial charge in [0, 0.05) is 18.0 Å². The lowest BCUT2D eigenvalue weighted by atomic mass is 9.85. The highest BCUT2D eigenvalue weighted by Gasteiger charge is 2.29. The molecule has 25 heavy (non-hydrogen) atoms. The lowest BCUT2D eigenvalue weighted by Gasteiger charge is -2.26. The Balaban J connectivity index is 1.79. The summed E-state index contributed by atoms with van der Waals surface area (Å²) in [5.74, 6) is 0.135. The standard InChI is InChI=1S/C17H25N3O4S/c1-24-16-8-7-14(25(22,23)20-13-5-6-13)10-15(16)19-17(21)11-3-2-4-12(18)9-11/h7-8,10-13,20H,2-6,9,18H2,1H3,(H,19,21). The number of nitrogens with two attached hydrogens (primary N) is 1. The van der Waals surface area contributed by atoms with Gasteiger partial charge in [-0.1, -0.05) is 6.42 Å². The molecule has 2 aliphatic carbocycles. The Kier molecular flexibility index (Phi) is 5.31. The molecule has 4 N–H and O–H groups in total. The zero-order valence-electron chi connectivity index (χ0n) is 14.3. The fourth-order valence-electron chi connectivity index (χ4n) is 3.14. The van der Waals surface area contributed by atoms with Crippen molar-refractivity contribution in [3.8, 4) is 5.75 Å². The highest BCUT2D eigenvalue weighted by Crippen LogP contribution is 2.31. The molecule has 0 aromatic heterocycles. The summed E-state index contributed by atoms with van der Waals surface area (Å²) in [5, 5.41) is 2.82. The third-order valence-electron chi connectivity index (χ3n) is 4.72. The Hall–Kier alpha value is -1.64. The van der Waals surface area contributed by atoms with E-state index in [1.54, 1.807) is 6.07 Å². The molecule has 0 spiro atoms. The molecule has 8 heteroatoms. The second kappa shape index (κ2) is 7.31. The van der Waals surface area contributed by atoms with E-state index in [2.05, 4.69) is 10.0 Å². The van der Waals surface area contributed by atoms with Crippen LogP contribution >= 0.6 is 0 Å². The first-order valence-electron chi connectivity index (χ1n) is 8.66. The topological polar surface area (TPSA) is 111 Å². The predicted molar refractivity (Wildman–Crippen MR) is 94.9 cm³/mol. The molecule has 1 amide bonds. The summed E-state index contributed by atoms with van der Waals surface area (Å²) in [6.45, 7) is 0. The van der Waals surface area contributed by atoms with Crippen molar-refractivity contribution >= 4 is 21.6 Å². The van der Waals surface area contributed by atoms with Crippen LogP contribution in [-0.2, 0) is 14.8 Å². The van der Waals surface area contributed by atoms with Gasteiger partial charge in [-0.2, -0.15) is 0 Å². The van der Waals surface area contributed by atoms with Crippen molar-refractivity contribution in [3.63, 3.8) is 0 Å². The largest absolute Gasteiger partial charge is 0.495 e. The second-order valence-corrected chi connectivity index (χ2v) is 8.58. The van der Waals surface area contributed by atoms with E-state index < -0.39 is 10.0 Å². The molecule has 2 fully saturated rings. The summed E-state index contributed by atoms with van der Waals surface area (Å²) < 4.78 is 32.7. The Morgan fingerprint density at radius 2 is 2.00 bits per heavy atom. The van der Waals surface area contributed by atoms with Gasteiger partial charge in [0.15, 0.2) is 0 Å². The molecular formula is C17H25N3O4S. The number of hydrogen-bond acceptors (Lipinski definition) is 5. The van der Waals surface area contributed by atoms with E-state index in [0.29, 0.717) is 17.9 Å². The van der Waals surface area contributed by atoms with Gasteiger partial charge in [0.1, 0.15) is 5.75 Å². The molecule has 1 aromatic rings. The second-order valence-electron chi connectivity index (χ2n) is 6.87. The summed E-state index contributed by atoms with van der Waals surface area (Å²) in [7, 11) is -2.11. The van der Waals surface area contributed by atoms with Crippen molar-refractivity contribution in [1.29, 1.82) is 0 Å². The number of hydrogen-bond donors (Lipinski definition) is 3. The van der Waals surface area contributed by atoms with Crippen molar-refractivity contribution in [2.75, 3.05) is 12.4 Å². The molecule has 0 radical (unpaired) electrons. The van der Waals surface area contributed by atoms with Gasteiger partial charge < -0.3 is 15.8 Å². The van der Waals surface area contributed by atoms with Crippen LogP contribution in [0.5, 0.6) is 5.75 Å². The van der Waals surface area contributed by atoms with Gasteiger partial charge >= 0.3 is 0 Å². The third-order valence-corrected chi connectivity index (χ3v) is 6.24. The maximum absolute atomic E-state index is 12.5. The van der Waals surface area contributed by atoms with Crippen LogP contribution in [0.25, 0.3) is 0 Å². The molecule has 2 saturated carbocycles. The normalized spacial score (nSPS) is 23.9. The number of carbonyl (C=O) groups excluding carboxylic acids is 1. The number of carbonyl (C=O) groups is 1. The lowest BCUT2D eigenvalue weighted by Crippen LogP contribution is -2.34. The molecule has 1 aromatic carbocycles. The Bertz CT molecular complexity index is 746. The van der Waals surface area contributed by atoms with Crippen molar-refractivity contribution in [2.45, 2.75) is 55.5 Å². The first-order valence-corrected chi connectivity index (χ1v) is 10.1. The molecule has 7 nitrogen and oxygen atoms in total. The molecule has 0 heterocycles. The van der Waals surface area contributed by atoms with Gasteiger partial charge in [-0.05, 0) is 50.3 Å². The molecular weight excluding hydrogens is 342 g/mol. The number of rotatable bonds is 6. The molecule has 0 saturated heterocycles. The molecule has 0 aliphatic heterocycles. The number of methoxy groups -OCH3 is 1. The van der Waals surface area contributed by atoms with E-state index in [0.717, 1.165) is 32.1 Å². The van der Waals surface area contributed by atoms with Crippen LogP contribution in [0.4, 0.5) is 5.69 Å². The van der Waals surface area contributed by atoms with Crippen LogP contribution in [-0.4, -0.2) is 33.5 Å². The molecule has 138 valence electrons. The number of sulfonamides is 1. The average molecular weight is 367 g/mol. The van der Waals surface area contributed by atoms with Crippen molar-refractivity contribution in [1.82, 2.24) is 4.72 Å². The van der Waals surface area contributed by atoms with E-state index in [1.807, 2.05) is 0 Å². The van der Waals surface area contributed by atoms with Crippen molar-refractivity contribution < 1.29 is 17.9 Å². The summed E-state index contributed by atoms with van der Waals surface area (Å²) in [4.78, 5) is 12.7. The van der Waals surface area contributed by atoms with Gasteiger partial charge in [-0.3, -0.25) is 4.79 Å². The van der Waals surface area contributed by atoms with Crippen LogP contribution in [0.3, 0.4) is 0 Å². The van der Waals surface area contributed by atoms with Crippen LogP contribution < -0.4 is 20.5 Å². The average Bonchev–Trinajstić information content (AvgIpc) is 3.38. The summed E-state index contributed by atoms with van der Waals surface area (Å²) >= 11 is 0. The van der Waals surface area contributed by atoms with Crippen molar-refractivity contribution in [3.05, 3.63) is 18.2 Å². The fraction of sp³-hybridized carbons (Fsp3) is 0.588. The Morgan fingerprint density at radius 3 is 2.64 bits per heavy atom. The quantitative estimate of drug-likeness (QED) is 0.707. The van der Waals surface area contributed by atoms with Crippen LogP contribution in [0.2, 0.25) is 0 Å². The number of amides is 1. The smallest absolute Gasteiger partial charge is 0.240 e. The van der Waals surface area contributed by atoms with Gasteiger partial charge in [-0.25, -0.2) is 13.1 Å². The zero-order chi connectivity index (χ0) is 18.0. The summed E-state index contributed by atoms with van der Waals surface area (Å²) in [5.41, 5.74) is 6.32. The number of anilines is 1. The Morgan fingerprint density at radius 1 is 1.24 bits per heavy atom. The predicted octanol–water partition coefficient (Wildman–Crippen LogP) is 1.59. The molecule has 0 bridgehead atoms. The highest BCUT2D eigenvalue weighted by atomic mass is 32.2. The number of ether oxygens (including phenoxy) is 1. The minimum atomic E-state index is -3.59. The maximum Gasteiger partial charge on any atom is 0.240 e. The van der Waals surface area contributed by atoms with Gasteiger partial charge in [0.2, 0.25) is 15.9 Å². The van der Waals surface area contributed by atoms with Gasteiger partial charge in [-0.15, -0.1) is 0 Å². The van der Waals surface area contributed by atoms with Gasteiger partial charge in [0.05, 0.1) is 17.7 Å². The first kappa shape index (κ1) is 18.2. The van der Waals surface area contributed by atoms with E-state index in [1.165, 1.54) is 19.2 Å². The van der Waals surface area contributed by atoms with Crippen LogP contribution in [0.1, 0.15) is 38.5 Å². The summed E-state index contributed by atoms with van der Waals surface area (Å²) in [6.07, 6.45) is 5.03. The van der Waals surface area contributed by atoms with Crippen LogP contribution in [0, 0.1) is 5.92 Å². The minimum Gasteiger partial charge on any atom is -0.495 e. The summed E-state index contributed by atoms with van der Waals surface area (Å²) in [6, 6.07) is 4.55. The van der Waals surface area contributed by atoms with E-state index >= 15 is 0 Å². The first-order chi connectivity index (χ1) is 11.9. The SMILES string of the molecule is COc1ccc(S(=O)(=O)NC2CC2)cc1NC(=O)C1CCCC(N)C1. The molecule has 2 unspecified atom stereocenters. The zero-order valence-corrected chi connectivity index (χ0v) is 15.1. The molecule has 2 atom stereocenters. The monoisotopic (exact) mass is 367 g/mol.